The minimum atomic E-state index is 0.400. The number of methoxy groups -OCH3 is 1. The molecule has 0 saturated heterocycles. The number of rotatable bonds is 3. The first kappa shape index (κ1) is 14.4. The summed E-state index contributed by atoms with van der Waals surface area (Å²) in [6, 6.07) is 6.25. The Bertz CT molecular complexity index is 397. The summed E-state index contributed by atoms with van der Waals surface area (Å²) in [5, 5.41) is 0. The van der Waals surface area contributed by atoms with Crippen LogP contribution in [0.25, 0.3) is 0 Å². The normalized spacial score (nSPS) is 25.8. The monoisotopic (exact) mass is 374 g/mol. The van der Waals surface area contributed by atoms with Crippen LogP contribution in [0.15, 0.2) is 22.7 Å². The summed E-state index contributed by atoms with van der Waals surface area (Å²) in [5.41, 5.74) is 1.27. The van der Waals surface area contributed by atoms with Gasteiger partial charge in [-0.2, -0.15) is 0 Å². The van der Waals surface area contributed by atoms with Gasteiger partial charge in [-0.15, -0.1) is 0 Å². The maximum atomic E-state index is 5.48. The molecule has 1 fully saturated rings. The number of halogens is 2. The molecule has 0 aromatic heterocycles. The molecule has 1 aliphatic carbocycles. The molecular weight excluding hydrogens is 356 g/mol. The first-order valence-electron chi connectivity index (χ1n) is 6.59. The third-order valence-electron chi connectivity index (χ3n) is 3.96. The van der Waals surface area contributed by atoms with E-state index in [2.05, 4.69) is 44.8 Å². The van der Waals surface area contributed by atoms with Crippen LogP contribution in [0.3, 0.4) is 0 Å². The molecule has 0 bridgehead atoms. The summed E-state index contributed by atoms with van der Waals surface area (Å²) in [7, 11) is 1.75. The predicted octanol–water partition coefficient (Wildman–Crippen LogP) is 5.72. The van der Waals surface area contributed by atoms with Gasteiger partial charge in [0.1, 0.15) is 5.75 Å². The molecule has 1 aliphatic rings. The Kier molecular flexibility index (Phi) is 5.14. The van der Waals surface area contributed by atoms with Gasteiger partial charge >= 0.3 is 0 Å². The van der Waals surface area contributed by atoms with Crippen LogP contribution in [0.1, 0.15) is 43.0 Å². The Morgan fingerprint density at radius 3 is 2.50 bits per heavy atom. The third kappa shape index (κ3) is 3.30. The van der Waals surface area contributed by atoms with E-state index in [-0.39, 0.29) is 0 Å². The summed E-state index contributed by atoms with van der Waals surface area (Å²) in [5.74, 6) is 2.61. The number of benzene rings is 1. The minimum absolute atomic E-state index is 0.400. The Labute approximate surface area is 127 Å². The van der Waals surface area contributed by atoms with Crippen LogP contribution in [-0.4, -0.2) is 7.11 Å². The molecule has 0 spiro atoms. The molecule has 2 rings (SSSR count). The summed E-state index contributed by atoms with van der Waals surface area (Å²) in [6.07, 6.45) is 5.33. The van der Waals surface area contributed by atoms with E-state index in [4.69, 9.17) is 4.74 Å². The highest BCUT2D eigenvalue weighted by molar-refractivity contribution is 9.10. The predicted molar refractivity (Wildman–Crippen MR) is 83.5 cm³/mol. The van der Waals surface area contributed by atoms with E-state index >= 15 is 0 Å². The van der Waals surface area contributed by atoms with E-state index in [0.29, 0.717) is 4.83 Å². The zero-order valence-corrected chi connectivity index (χ0v) is 14.1. The molecule has 0 aliphatic heterocycles. The average Bonchev–Trinajstić information content (AvgIpc) is 2.39. The molecule has 3 heteroatoms. The molecule has 0 N–H and O–H groups in total. The lowest BCUT2D eigenvalue weighted by Crippen LogP contribution is -2.16. The fraction of sp³-hybridized carbons (Fsp3) is 0.600. The second kappa shape index (κ2) is 6.42. The van der Waals surface area contributed by atoms with Crippen molar-refractivity contribution in [3.63, 3.8) is 0 Å². The fourth-order valence-corrected chi connectivity index (χ4v) is 4.02. The molecule has 0 heterocycles. The van der Waals surface area contributed by atoms with Gasteiger partial charge in [-0.3, -0.25) is 0 Å². The van der Waals surface area contributed by atoms with E-state index in [9.17, 15) is 0 Å². The van der Waals surface area contributed by atoms with Crippen molar-refractivity contribution < 1.29 is 4.74 Å². The molecule has 1 unspecified atom stereocenters. The second-order valence-electron chi connectivity index (χ2n) is 5.31. The largest absolute Gasteiger partial charge is 0.496 e. The van der Waals surface area contributed by atoms with Crippen LogP contribution in [0.4, 0.5) is 0 Å². The van der Waals surface area contributed by atoms with Crippen molar-refractivity contribution in [3.8, 4) is 5.75 Å². The van der Waals surface area contributed by atoms with Crippen molar-refractivity contribution in [1.29, 1.82) is 0 Å². The quantitative estimate of drug-likeness (QED) is 0.614. The third-order valence-corrected chi connectivity index (χ3v) is 5.70. The lowest BCUT2D eigenvalue weighted by atomic mass is 9.80. The fourth-order valence-electron chi connectivity index (χ4n) is 2.75. The van der Waals surface area contributed by atoms with Crippen LogP contribution in [0, 0.1) is 11.8 Å². The Hall–Kier alpha value is -0.0200. The number of hydrogen-bond donors (Lipinski definition) is 0. The molecular formula is C15H20Br2O. The van der Waals surface area contributed by atoms with Gasteiger partial charge in [0.15, 0.2) is 0 Å². The van der Waals surface area contributed by atoms with Crippen molar-refractivity contribution in [2.45, 2.75) is 37.4 Å². The maximum absolute atomic E-state index is 5.48. The molecule has 100 valence electrons. The summed E-state index contributed by atoms with van der Waals surface area (Å²) in [4.78, 5) is 0.400. The number of ether oxygens (including phenoxy) is 1. The topological polar surface area (TPSA) is 9.23 Å². The molecule has 1 nitrogen and oxygen atoms in total. The first-order chi connectivity index (χ1) is 8.61. The number of alkyl halides is 1. The smallest absolute Gasteiger partial charge is 0.123 e. The molecule has 18 heavy (non-hydrogen) atoms. The standard InChI is InChI=1S/C15H20Br2O/c1-10-3-5-11(6-4-10)15(17)13-9-12(16)7-8-14(13)18-2/h7-11,15H,3-6H2,1-2H3. The lowest BCUT2D eigenvalue weighted by molar-refractivity contribution is 0.285. The summed E-state index contributed by atoms with van der Waals surface area (Å²) in [6.45, 7) is 2.36. The van der Waals surface area contributed by atoms with Crippen molar-refractivity contribution >= 4 is 31.9 Å². The van der Waals surface area contributed by atoms with Gasteiger partial charge in [0.2, 0.25) is 0 Å². The van der Waals surface area contributed by atoms with Crippen LogP contribution >= 0.6 is 31.9 Å². The van der Waals surface area contributed by atoms with E-state index in [1.807, 2.05) is 12.1 Å². The van der Waals surface area contributed by atoms with Crippen molar-refractivity contribution in [2.75, 3.05) is 7.11 Å². The molecule has 1 atom stereocenters. The average molecular weight is 376 g/mol. The van der Waals surface area contributed by atoms with Gasteiger partial charge in [0, 0.05) is 14.9 Å². The van der Waals surface area contributed by atoms with E-state index in [0.717, 1.165) is 22.1 Å². The zero-order chi connectivity index (χ0) is 13.1. The van der Waals surface area contributed by atoms with Crippen LogP contribution < -0.4 is 4.74 Å². The van der Waals surface area contributed by atoms with Crippen LogP contribution in [0.2, 0.25) is 0 Å². The lowest BCUT2D eigenvalue weighted by Gasteiger charge is -2.30. The Morgan fingerprint density at radius 2 is 1.89 bits per heavy atom. The highest BCUT2D eigenvalue weighted by Gasteiger charge is 2.27. The van der Waals surface area contributed by atoms with Gasteiger partial charge in [-0.1, -0.05) is 51.6 Å². The molecule has 0 amide bonds. The first-order valence-corrected chi connectivity index (χ1v) is 8.30. The van der Waals surface area contributed by atoms with Gasteiger partial charge < -0.3 is 4.74 Å². The van der Waals surface area contributed by atoms with E-state index in [1.165, 1.54) is 31.2 Å². The summed E-state index contributed by atoms with van der Waals surface area (Å²) < 4.78 is 6.60. The highest BCUT2D eigenvalue weighted by Crippen LogP contribution is 2.44. The SMILES string of the molecule is COc1ccc(Br)cc1C(Br)C1CCC(C)CC1. The van der Waals surface area contributed by atoms with Gasteiger partial charge in [0.25, 0.3) is 0 Å². The van der Waals surface area contributed by atoms with Crippen molar-refractivity contribution in [1.82, 2.24) is 0 Å². The second-order valence-corrected chi connectivity index (χ2v) is 7.21. The Morgan fingerprint density at radius 1 is 1.22 bits per heavy atom. The zero-order valence-electron chi connectivity index (χ0n) is 11.0. The molecule has 1 aromatic carbocycles. The van der Waals surface area contributed by atoms with Gasteiger partial charge in [-0.05, 0) is 42.9 Å². The van der Waals surface area contributed by atoms with Gasteiger partial charge in [-0.25, -0.2) is 0 Å². The number of hydrogen-bond acceptors (Lipinski definition) is 1. The van der Waals surface area contributed by atoms with Crippen LogP contribution in [-0.2, 0) is 0 Å². The van der Waals surface area contributed by atoms with Crippen molar-refractivity contribution in [2.24, 2.45) is 11.8 Å². The molecule has 1 aromatic rings. The minimum Gasteiger partial charge on any atom is -0.496 e. The van der Waals surface area contributed by atoms with Gasteiger partial charge in [0.05, 0.1) is 7.11 Å². The van der Waals surface area contributed by atoms with E-state index < -0.39 is 0 Å². The Balaban J connectivity index is 2.17. The van der Waals surface area contributed by atoms with E-state index in [1.54, 1.807) is 7.11 Å². The van der Waals surface area contributed by atoms with Crippen LogP contribution in [0.5, 0.6) is 5.75 Å². The molecule has 1 saturated carbocycles. The summed E-state index contributed by atoms with van der Waals surface area (Å²) >= 11 is 7.44. The van der Waals surface area contributed by atoms with Crippen molar-refractivity contribution in [3.05, 3.63) is 28.2 Å². The highest BCUT2D eigenvalue weighted by atomic mass is 79.9. The maximum Gasteiger partial charge on any atom is 0.123 e. The molecule has 0 radical (unpaired) electrons.